The highest BCUT2D eigenvalue weighted by Gasteiger charge is 2.62. The number of urea groups is 1. The van der Waals surface area contributed by atoms with E-state index < -0.39 is 57.9 Å². The van der Waals surface area contributed by atoms with Gasteiger partial charge in [-0.3, -0.25) is 0 Å². The maximum Gasteiger partial charge on any atom is 0.417 e. The van der Waals surface area contributed by atoms with Crippen molar-refractivity contribution in [3.05, 3.63) is 47.3 Å². The SMILES string of the molecule is COc1nc(-c2cc(NC(=O)N3[C@H]4C[C@@H](C)C[C@]3(c3nnc(C)o3)C4)c(F)cc2C(F)(F)F)ncc1F. The molecule has 37 heavy (non-hydrogen) atoms. The number of methoxy groups -OCH3 is 1. The van der Waals surface area contributed by atoms with Gasteiger partial charge in [-0.05, 0) is 30.9 Å². The lowest BCUT2D eigenvalue weighted by molar-refractivity contribution is -0.137. The highest BCUT2D eigenvalue weighted by atomic mass is 19.4. The van der Waals surface area contributed by atoms with Gasteiger partial charge in [0.15, 0.2) is 5.82 Å². The molecular formula is C23H21F5N6O3. The maximum absolute atomic E-state index is 14.9. The molecule has 2 bridgehead atoms. The Balaban J connectivity index is 1.52. The van der Waals surface area contributed by atoms with Gasteiger partial charge in [-0.25, -0.2) is 14.2 Å². The van der Waals surface area contributed by atoms with Crippen LogP contribution in [0.4, 0.5) is 32.4 Å². The second-order valence-corrected chi connectivity index (χ2v) is 9.29. The largest absolute Gasteiger partial charge is 0.479 e. The van der Waals surface area contributed by atoms with E-state index in [0.29, 0.717) is 31.4 Å². The number of fused-ring (bicyclic) bond motifs is 2. The van der Waals surface area contributed by atoms with Crippen LogP contribution in [0.3, 0.4) is 0 Å². The third kappa shape index (κ3) is 4.13. The Morgan fingerprint density at radius 3 is 2.62 bits per heavy atom. The summed E-state index contributed by atoms with van der Waals surface area (Å²) in [4.78, 5) is 22.1. The first-order valence-corrected chi connectivity index (χ1v) is 11.3. The molecule has 0 radical (unpaired) electrons. The van der Waals surface area contributed by atoms with E-state index in [1.807, 2.05) is 6.92 Å². The summed E-state index contributed by atoms with van der Waals surface area (Å²) in [6.07, 6.45) is -2.57. The van der Waals surface area contributed by atoms with Crippen LogP contribution in [0.1, 0.15) is 43.5 Å². The molecule has 5 rings (SSSR count). The van der Waals surface area contributed by atoms with Crippen LogP contribution in [0, 0.1) is 24.5 Å². The number of piperidine rings is 1. The van der Waals surface area contributed by atoms with Crippen LogP contribution >= 0.6 is 0 Å². The molecule has 0 unspecified atom stereocenters. The number of anilines is 1. The summed E-state index contributed by atoms with van der Waals surface area (Å²) in [6, 6.07) is 0.0731. The van der Waals surface area contributed by atoms with E-state index in [0.717, 1.165) is 13.2 Å². The van der Waals surface area contributed by atoms with E-state index in [9.17, 15) is 26.7 Å². The summed E-state index contributed by atoms with van der Waals surface area (Å²) >= 11 is 0. The van der Waals surface area contributed by atoms with E-state index in [1.54, 1.807) is 6.92 Å². The van der Waals surface area contributed by atoms with Crippen molar-refractivity contribution in [2.45, 2.75) is 50.9 Å². The first-order valence-electron chi connectivity index (χ1n) is 11.3. The van der Waals surface area contributed by atoms with Crippen molar-refractivity contribution in [2.24, 2.45) is 5.92 Å². The van der Waals surface area contributed by atoms with Gasteiger partial charge in [0.2, 0.25) is 17.6 Å². The number of rotatable bonds is 4. The fraction of sp³-hybridized carbons (Fsp3) is 0.435. The molecule has 4 heterocycles. The number of halogens is 5. The van der Waals surface area contributed by atoms with Gasteiger partial charge in [0.1, 0.15) is 11.4 Å². The monoisotopic (exact) mass is 524 g/mol. The summed E-state index contributed by atoms with van der Waals surface area (Å²) < 4.78 is 80.3. The summed E-state index contributed by atoms with van der Waals surface area (Å²) in [7, 11) is 1.09. The topological polar surface area (TPSA) is 106 Å². The Morgan fingerprint density at radius 1 is 1.22 bits per heavy atom. The lowest BCUT2D eigenvalue weighted by atomic mass is 9.64. The van der Waals surface area contributed by atoms with E-state index in [-0.39, 0.29) is 23.9 Å². The average Bonchev–Trinajstić information content (AvgIpc) is 3.26. The van der Waals surface area contributed by atoms with E-state index in [1.165, 1.54) is 4.90 Å². The molecule has 2 saturated heterocycles. The predicted octanol–water partition coefficient (Wildman–Crippen LogP) is 5.07. The number of alkyl halides is 3. The Labute approximate surface area is 207 Å². The number of aryl methyl sites for hydroxylation is 1. The smallest absolute Gasteiger partial charge is 0.417 e. The van der Waals surface area contributed by atoms with E-state index in [4.69, 9.17) is 9.15 Å². The molecular weight excluding hydrogens is 503 g/mol. The van der Waals surface area contributed by atoms with Crippen molar-refractivity contribution in [1.29, 1.82) is 0 Å². The molecule has 1 aromatic carbocycles. The summed E-state index contributed by atoms with van der Waals surface area (Å²) in [5, 5.41) is 10.3. The minimum atomic E-state index is -4.99. The highest BCUT2D eigenvalue weighted by molar-refractivity contribution is 5.92. The third-order valence-corrected chi connectivity index (χ3v) is 6.70. The fourth-order valence-corrected chi connectivity index (χ4v) is 5.32. The Hall–Kier alpha value is -3.84. The van der Waals surface area contributed by atoms with Gasteiger partial charge >= 0.3 is 12.2 Å². The van der Waals surface area contributed by atoms with Crippen LogP contribution in [0.2, 0.25) is 0 Å². The van der Waals surface area contributed by atoms with Crippen LogP contribution in [0.15, 0.2) is 22.7 Å². The first kappa shape index (κ1) is 24.8. The van der Waals surface area contributed by atoms with Crippen molar-refractivity contribution >= 4 is 11.7 Å². The van der Waals surface area contributed by atoms with Crippen molar-refractivity contribution in [2.75, 3.05) is 12.4 Å². The van der Waals surface area contributed by atoms with Crippen molar-refractivity contribution in [1.82, 2.24) is 25.1 Å². The lowest BCUT2D eigenvalue weighted by Gasteiger charge is -2.61. The fourth-order valence-electron chi connectivity index (χ4n) is 5.32. The zero-order valence-electron chi connectivity index (χ0n) is 19.9. The Bertz CT molecular complexity index is 1380. The molecule has 3 aromatic rings. The molecule has 2 aliphatic heterocycles. The number of benzene rings is 1. The molecule has 0 spiro atoms. The van der Waals surface area contributed by atoms with Gasteiger partial charge in [-0.15, -0.1) is 10.2 Å². The maximum atomic E-state index is 14.9. The Morgan fingerprint density at radius 2 is 1.97 bits per heavy atom. The lowest BCUT2D eigenvalue weighted by Crippen LogP contribution is -2.70. The van der Waals surface area contributed by atoms with Crippen LogP contribution in [-0.2, 0) is 11.7 Å². The van der Waals surface area contributed by atoms with E-state index in [2.05, 4.69) is 25.5 Å². The molecule has 2 aromatic heterocycles. The molecule has 2 fully saturated rings. The number of ether oxygens (including phenoxy) is 1. The Kier molecular flexibility index (Phi) is 5.79. The van der Waals surface area contributed by atoms with Crippen LogP contribution in [0.5, 0.6) is 5.88 Å². The summed E-state index contributed by atoms with van der Waals surface area (Å²) in [6.45, 7) is 3.64. The van der Waals surface area contributed by atoms with Crippen molar-refractivity contribution in [3.63, 3.8) is 0 Å². The number of aromatic nitrogens is 4. The van der Waals surface area contributed by atoms with Gasteiger partial charge in [0.25, 0.3) is 5.88 Å². The highest BCUT2D eigenvalue weighted by Crippen LogP contribution is 2.55. The quantitative estimate of drug-likeness (QED) is 0.475. The van der Waals surface area contributed by atoms with Gasteiger partial charge < -0.3 is 19.4 Å². The molecule has 1 N–H and O–H groups in total. The third-order valence-electron chi connectivity index (χ3n) is 6.70. The molecule has 9 nitrogen and oxygen atoms in total. The van der Waals surface area contributed by atoms with Gasteiger partial charge in [0.05, 0.1) is 24.6 Å². The zero-order chi connectivity index (χ0) is 26.7. The molecule has 3 atom stereocenters. The normalized spacial score (nSPS) is 23.0. The van der Waals surface area contributed by atoms with Gasteiger partial charge in [0, 0.05) is 24.9 Å². The first-order chi connectivity index (χ1) is 17.4. The number of carbonyl (C=O) groups is 1. The average molecular weight is 524 g/mol. The van der Waals surface area contributed by atoms with Gasteiger partial charge in [-0.2, -0.15) is 22.5 Å². The molecule has 14 heteroatoms. The molecule has 2 aliphatic rings. The zero-order valence-corrected chi connectivity index (χ0v) is 19.9. The summed E-state index contributed by atoms with van der Waals surface area (Å²) in [5.74, 6) is -2.64. The van der Waals surface area contributed by atoms with Crippen molar-refractivity contribution < 1.29 is 35.9 Å². The molecule has 2 amide bonds. The minimum absolute atomic E-state index is 0.197. The predicted molar refractivity (Wildman–Crippen MR) is 117 cm³/mol. The number of hydrogen-bond donors (Lipinski definition) is 1. The van der Waals surface area contributed by atoms with Gasteiger partial charge in [-0.1, -0.05) is 6.92 Å². The standard InChI is InChI=1S/C23H21F5N6O3/c1-10-4-12-8-22(7-10,20-33-32-11(2)37-20)34(12)21(35)30-17-5-13(14(6-15(17)24)23(26,27)28)18-29-9-16(25)19(31-18)36-3/h5-6,9-10,12H,4,7-8H2,1-3H3,(H,30,35)/t10-,12+,22-/m1/s1. The van der Waals surface area contributed by atoms with Crippen molar-refractivity contribution in [3.8, 4) is 17.3 Å². The number of nitrogens with one attached hydrogen (secondary N) is 1. The second kappa shape index (κ2) is 8.63. The minimum Gasteiger partial charge on any atom is -0.479 e. The van der Waals surface area contributed by atoms with Crippen LogP contribution < -0.4 is 10.1 Å². The number of nitrogens with zero attached hydrogens (tertiary/aromatic N) is 5. The van der Waals surface area contributed by atoms with Crippen LogP contribution in [-0.4, -0.2) is 44.2 Å². The molecule has 196 valence electrons. The van der Waals surface area contributed by atoms with E-state index >= 15 is 0 Å². The number of hydrogen-bond acceptors (Lipinski definition) is 7. The second-order valence-electron chi connectivity index (χ2n) is 9.29. The van der Waals surface area contributed by atoms with Crippen LogP contribution in [0.25, 0.3) is 11.4 Å². The number of carbonyl (C=O) groups excluding carboxylic acids is 1. The molecule has 0 saturated carbocycles. The summed E-state index contributed by atoms with van der Waals surface area (Å²) in [5.41, 5.74) is -3.49. The molecule has 0 aliphatic carbocycles. The number of amides is 2.